The third kappa shape index (κ3) is 6.03. The SMILES string of the molecule is Cc1ccc(O[C@@H]2O[C@H](C(=O)O)[C@@H](O)[C@H](O)[C@H]2O)c(N(C)C(=O)n2ccc3c(-c4cnn([C@H](CC#N)C5CCCC5)c4)ncnc32)c1. The summed E-state index contributed by atoms with van der Waals surface area (Å²) in [5.74, 6) is -1.10. The molecule has 1 aliphatic heterocycles. The number of hydrogen-bond donors (Lipinski definition) is 4. The van der Waals surface area contributed by atoms with Gasteiger partial charge in [-0.25, -0.2) is 19.6 Å². The van der Waals surface area contributed by atoms with Crippen molar-refractivity contribution in [2.24, 2.45) is 5.92 Å². The number of aliphatic hydroxyl groups excluding tert-OH is 3. The van der Waals surface area contributed by atoms with Gasteiger partial charge in [0.05, 0.1) is 36.1 Å². The second-order valence-electron chi connectivity index (χ2n) is 12.0. The first-order valence-corrected chi connectivity index (χ1v) is 15.3. The Morgan fingerprint density at radius 1 is 1.15 bits per heavy atom. The lowest BCUT2D eigenvalue weighted by Gasteiger charge is -2.38. The third-order valence-corrected chi connectivity index (χ3v) is 8.97. The molecule has 1 aliphatic carbocycles. The van der Waals surface area contributed by atoms with Crippen molar-refractivity contribution in [1.29, 1.82) is 5.26 Å². The number of aryl methyl sites for hydroxylation is 1. The molecule has 6 rings (SSSR count). The van der Waals surface area contributed by atoms with Crippen LogP contribution in [0.15, 0.2) is 49.2 Å². The van der Waals surface area contributed by atoms with Crippen molar-refractivity contribution in [1.82, 2.24) is 24.3 Å². The highest BCUT2D eigenvalue weighted by Crippen LogP contribution is 2.37. The highest BCUT2D eigenvalue weighted by Gasteiger charge is 2.48. The van der Waals surface area contributed by atoms with Gasteiger partial charge in [-0.1, -0.05) is 18.9 Å². The number of carboxylic acid groups (broad SMARTS) is 1. The van der Waals surface area contributed by atoms with E-state index < -0.39 is 42.7 Å². The van der Waals surface area contributed by atoms with Crippen LogP contribution in [0.4, 0.5) is 10.5 Å². The number of fused-ring (bicyclic) bond motifs is 1. The normalized spacial score (nSPS) is 23.8. The maximum atomic E-state index is 13.9. The van der Waals surface area contributed by atoms with Gasteiger partial charge in [0, 0.05) is 30.4 Å². The van der Waals surface area contributed by atoms with Crippen molar-refractivity contribution in [3.8, 4) is 23.1 Å². The van der Waals surface area contributed by atoms with Gasteiger partial charge in [0.25, 0.3) is 0 Å². The summed E-state index contributed by atoms with van der Waals surface area (Å²) in [7, 11) is 1.51. The number of carbonyl (C=O) groups excluding carboxylic acids is 1. The number of carbonyl (C=O) groups is 2. The van der Waals surface area contributed by atoms with E-state index in [2.05, 4.69) is 21.1 Å². The van der Waals surface area contributed by atoms with E-state index in [9.17, 15) is 35.3 Å². The number of nitrogens with zero attached hydrogens (tertiary/aromatic N) is 7. The Morgan fingerprint density at radius 3 is 2.64 bits per heavy atom. The number of aliphatic carboxylic acids is 1. The zero-order chi connectivity index (χ0) is 33.4. The average molecular weight is 646 g/mol. The van der Waals surface area contributed by atoms with E-state index in [0.29, 0.717) is 29.1 Å². The van der Waals surface area contributed by atoms with Crippen LogP contribution < -0.4 is 9.64 Å². The first-order valence-electron chi connectivity index (χ1n) is 15.3. The molecule has 0 radical (unpaired) electrons. The van der Waals surface area contributed by atoms with Gasteiger partial charge >= 0.3 is 12.0 Å². The molecule has 15 nitrogen and oxygen atoms in total. The van der Waals surface area contributed by atoms with Crippen LogP contribution in [-0.4, -0.2) is 94.5 Å². The molecular weight excluding hydrogens is 610 g/mol. The van der Waals surface area contributed by atoms with E-state index >= 15 is 0 Å². The first kappa shape index (κ1) is 32.1. The van der Waals surface area contributed by atoms with Crippen LogP contribution in [-0.2, 0) is 9.53 Å². The molecule has 1 saturated heterocycles. The Balaban J connectivity index is 1.28. The van der Waals surface area contributed by atoms with Crippen molar-refractivity contribution in [3.63, 3.8) is 0 Å². The minimum atomic E-state index is -1.88. The number of rotatable bonds is 8. The average Bonchev–Trinajstić information content (AvgIpc) is 3.85. The number of carboxylic acids is 1. The number of aliphatic hydroxyl groups is 3. The first-order chi connectivity index (χ1) is 22.6. The molecule has 47 heavy (non-hydrogen) atoms. The summed E-state index contributed by atoms with van der Waals surface area (Å²) in [6.45, 7) is 1.80. The second kappa shape index (κ2) is 13.1. The van der Waals surface area contributed by atoms with Crippen molar-refractivity contribution in [2.45, 2.75) is 75.8 Å². The van der Waals surface area contributed by atoms with E-state index in [1.807, 2.05) is 10.9 Å². The standard InChI is InChI=1S/C32H35N7O8/c1-17-7-8-23(46-31-27(42)25(40)26(41)28(47-31)30(43)44)22(13-17)37(2)32(45)38-12-10-20-24(34-16-35-29(20)38)19-14-36-39(15-19)21(9-11-33)18-5-3-4-6-18/h7-8,10,12-16,18,21,25-28,31,40-42H,3-6,9H2,1-2H3,(H,43,44)/t21-,25+,26+,27-,28+,31-/m1/s1. The summed E-state index contributed by atoms with van der Waals surface area (Å²) in [5.41, 5.74) is 2.67. The molecule has 1 aromatic carbocycles. The number of benzene rings is 1. The van der Waals surface area contributed by atoms with Gasteiger partial charge in [-0.3, -0.25) is 14.1 Å². The van der Waals surface area contributed by atoms with Crippen LogP contribution in [0, 0.1) is 24.2 Å². The number of nitriles is 1. The fourth-order valence-corrected chi connectivity index (χ4v) is 6.42. The smallest absolute Gasteiger partial charge is 0.335 e. The van der Waals surface area contributed by atoms with E-state index in [1.54, 1.807) is 37.5 Å². The summed E-state index contributed by atoms with van der Waals surface area (Å²) in [6.07, 6.45) is 2.29. The molecule has 6 atom stereocenters. The number of aromatic nitrogens is 5. The van der Waals surface area contributed by atoms with Gasteiger partial charge in [0.2, 0.25) is 6.29 Å². The minimum Gasteiger partial charge on any atom is -0.479 e. The Labute approximate surface area is 269 Å². The van der Waals surface area contributed by atoms with Crippen LogP contribution in [0.25, 0.3) is 22.3 Å². The van der Waals surface area contributed by atoms with Crippen molar-refractivity contribution in [3.05, 3.63) is 54.7 Å². The van der Waals surface area contributed by atoms with Crippen molar-refractivity contribution in [2.75, 3.05) is 11.9 Å². The monoisotopic (exact) mass is 645 g/mol. The van der Waals surface area contributed by atoms with Gasteiger partial charge in [0.1, 0.15) is 30.4 Å². The summed E-state index contributed by atoms with van der Waals surface area (Å²) in [5, 5.41) is 54.8. The highest BCUT2D eigenvalue weighted by molar-refractivity contribution is 6.02. The van der Waals surface area contributed by atoms with E-state index in [-0.39, 0.29) is 17.5 Å². The maximum Gasteiger partial charge on any atom is 0.335 e. The molecule has 246 valence electrons. The molecule has 1 saturated carbocycles. The molecule has 4 N–H and O–H groups in total. The summed E-state index contributed by atoms with van der Waals surface area (Å²) < 4.78 is 14.3. The molecule has 0 bridgehead atoms. The van der Waals surface area contributed by atoms with E-state index in [0.717, 1.165) is 36.8 Å². The van der Waals surface area contributed by atoms with Gasteiger partial charge in [0.15, 0.2) is 11.8 Å². The fraction of sp³-hybridized carbons (Fsp3) is 0.438. The van der Waals surface area contributed by atoms with E-state index in [4.69, 9.17) is 9.47 Å². The predicted octanol–water partition coefficient (Wildman–Crippen LogP) is 2.62. The van der Waals surface area contributed by atoms with Gasteiger partial charge in [-0.15, -0.1) is 0 Å². The van der Waals surface area contributed by atoms with Crippen LogP contribution >= 0.6 is 0 Å². The lowest BCUT2D eigenvalue weighted by Crippen LogP contribution is -2.61. The number of anilines is 1. The van der Waals surface area contributed by atoms with Crippen LogP contribution in [0.3, 0.4) is 0 Å². The fourth-order valence-electron chi connectivity index (χ4n) is 6.42. The summed E-state index contributed by atoms with van der Waals surface area (Å²) in [4.78, 5) is 35.7. The maximum absolute atomic E-state index is 13.9. The van der Waals surface area contributed by atoms with Gasteiger partial charge in [-0.2, -0.15) is 10.4 Å². The van der Waals surface area contributed by atoms with Crippen molar-refractivity contribution >= 4 is 28.7 Å². The molecular formula is C32H35N7O8. The number of hydrogen-bond acceptors (Lipinski definition) is 11. The Kier molecular flexibility index (Phi) is 8.93. The van der Waals surface area contributed by atoms with Crippen LogP contribution in [0.1, 0.15) is 43.7 Å². The number of amides is 1. The van der Waals surface area contributed by atoms with Gasteiger partial charge < -0.3 is 29.9 Å². The molecule has 3 aromatic heterocycles. The predicted molar refractivity (Wildman–Crippen MR) is 165 cm³/mol. The molecule has 2 fully saturated rings. The minimum absolute atomic E-state index is 0.0254. The molecule has 4 aromatic rings. The van der Waals surface area contributed by atoms with Gasteiger partial charge in [-0.05, 0) is 49.4 Å². The summed E-state index contributed by atoms with van der Waals surface area (Å²) in [6, 6.07) is 8.35. The zero-order valence-corrected chi connectivity index (χ0v) is 25.7. The lowest BCUT2D eigenvalue weighted by atomic mass is 9.96. The lowest BCUT2D eigenvalue weighted by molar-refractivity contribution is -0.271. The number of ether oxygens (including phenoxy) is 2. The Morgan fingerprint density at radius 2 is 1.91 bits per heavy atom. The quantitative estimate of drug-likeness (QED) is 0.218. The Bertz CT molecular complexity index is 1830. The molecule has 1 amide bonds. The third-order valence-electron chi connectivity index (χ3n) is 8.97. The van der Waals surface area contributed by atoms with Crippen LogP contribution in [0.5, 0.6) is 5.75 Å². The second-order valence-corrected chi connectivity index (χ2v) is 12.0. The topological polar surface area (TPSA) is 209 Å². The summed E-state index contributed by atoms with van der Waals surface area (Å²) >= 11 is 0. The molecule has 0 spiro atoms. The van der Waals surface area contributed by atoms with Crippen molar-refractivity contribution < 1.29 is 39.5 Å². The molecule has 15 heteroatoms. The zero-order valence-electron chi connectivity index (χ0n) is 25.7. The highest BCUT2D eigenvalue weighted by atomic mass is 16.7. The molecule has 4 heterocycles. The Hall–Kier alpha value is -4.88. The molecule has 2 aliphatic rings. The molecule has 0 unspecified atom stereocenters. The van der Waals surface area contributed by atoms with Crippen LogP contribution in [0.2, 0.25) is 0 Å². The largest absolute Gasteiger partial charge is 0.479 e. The van der Waals surface area contributed by atoms with E-state index in [1.165, 1.54) is 28.9 Å².